The molecule has 5 saturated carbocycles. The topological polar surface area (TPSA) is 12.0 Å². The third kappa shape index (κ3) is 1.85. The first-order valence-corrected chi connectivity index (χ1v) is 8.00. The van der Waals surface area contributed by atoms with Gasteiger partial charge >= 0.3 is 0 Å². The van der Waals surface area contributed by atoms with Crippen LogP contribution < -0.4 is 5.32 Å². The lowest BCUT2D eigenvalue weighted by Gasteiger charge is -2.56. The normalized spacial score (nSPS) is 49.6. The van der Waals surface area contributed by atoms with Gasteiger partial charge in [0.2, 0.25) is 0 Å². The van der Waals surface area contributed by atoms with Gasteiger partial charge in [0.15, 0.2) is 0 Å². The van der Waals surface area contributed by atoms with Crippen molar-refractivity contribution in [3.8, 4) is 0 Å². The summed E-state index contributed by atoms with van der Waals surface area (Å²) in [4.78, 5) is 0. The number of hydrogen-bond donors (Lipinski definition) is 1. The van der Waals surface area contributed by atoms with Gasteiger partial charge in [-0.05, 0) is 81.1 Å². The van der Waals surface area contributed by atoms with Crippen molar-refractivity contribution < 1.29 is 0 Å². The lowest BCUT2D eigenvalue weighted by molar-refractivity contribution is -0.0526. The molecule has 0 aromatic carbocycles. The third-order valence-corrected chi connectivity index (χ3v) is 6.42. The molecule has 1 unspecified atom stereocenters. The van der Waals surface area contributed by atoms with E-state index in [1.54, 1.807) is 32.1 Å². The number of hydrogen-bond acceptors (Lipinski definition) is 1. The first-order valence-electron chi connectivity index (χ1n) is 8.00. The first-order chi connectivity index (χ1) is 8.33. The van der Waals surface area contributed by atoms with Gasteiger partial charge in [0.1, 0.15) is 0 Å². The minimum atomic E-state index is 0.859. The molecule has 0 heterocycles. The van der Waals surface area contributed by atoms with E-state index < -0.39 is 0 Å². The molecular formula is C16H27N. The van der Waals surface area contributed by atoms with E-state index in [-0.39, 0.29) is 0 Å². The van der Waals surface area contributed by atoms with Crippen LogP contribution in [0, 0.1) is 35.5 Å². The second-order valence-corrected chi connectivity index (χ2v) is 7.58. The van der Waals surface area contributed by atoms with Crippen molar-refractivity contribution in [1.29, 1.82) is 0 Å². The molecule has 0 aromatic rings. The smallest absolute Gasteiger partial charge is 0.0100 e. The molecule has 5 fully saturated rings. The van der Waals surface area contributed by atoms with Gasteiger partial charge in [-0.1, -0.05) is 12.8 Å². The molecule has 5 aliphatic carbocycles. The fourth-order valence-corrected chi connectivity index (χ4v) is 5.80. The molecule has 1 nitrogen and oxygen atoms in total. The van der Waals surface area contributed by atoms with Crippen LogP contribution in [-0.4, -0.2) is 13.1 Å². The molecule has 0 saturated heterocycles. The summed E-state index contributed by atoms with van der Waals surface area (Å²) >= 11 is 0. The van der Waals surface area contributed by atoms with Crippen LogP contribution in [0.5, 0.6) is 0 Å². The number of nitrogens with one attached hydrogen (secondary N) is 1. The average Bonchev–Trinajstić information content (AvgIpc) is 3.10. The van der Waals surface area contributed by atoms with Crippen molar-refractivity contribution in [1.82, 2.24) is 5.32 Å². The van der Waals surface area contributed by atoms with E-state index in [4.69, 9.17) is 0 Å². The monoisotopic (exact) mass is 233 g/mol. The molecule has 5 aliphatic rings. The van der Waals surface area contributed by atoms with Crippen LogP contribution in [0.25, 0.3) is 0 Å². The summed E-state index contributed by atoms with van der Waals surface area (Å²) in [6.07, 6.45) is 12.5. The molecule has 0 amide bonds. The Kier molecular flexibility index (Phi) is 2.54. The van der Waals surface area contributed by atoms with Gasteiger partial charge < -0.3 is 5.32 Å². The summed E-state index contributed by atoms with van der Waals surface area (Å²) in [6, 6.07) is 0.859. The molecule has 0 aliphatic heterocycles. The van der Waals surface area contributed by atoms with Gasteiger partial charge in [0, 0.05) is 6.04 Å². The van der Waals surface area contributed by atoms with Crippen LogP contribution in [0.1, 0.15) is 51.4 Å². The molecule has 1 heteroatoms. The lowest BCUT2D eigenvalue weighted by atomic mass is 9.50. The largest absolute Gasteiger partial charge is 0.317 e. The quantitative estimate of drug-likeness (QED) is 0.784. The fourth-order valence-electron chi connectivity index (χ4n) is 5.80. The molecule has 96 valence electrons. The Labute approximate surface area is 106 Å². The van der Waals surface area contributed by atoms with E-state index in [9.17, 15) is 0 Å². The van der Waals surface area contributed by atoms with Crippen molar-refractivity contribution in [3.63, 3.8) is 0 Å². The Morgan fingerprint density at radius 3 is 2.00 bits per heavy atom. The Hall–Kier alpha value is -0.0400. The second-order valence-electron chi connectivity index (χ2n) is 7.58. The van der Waals surface area contributed by atoms with Gasteiger partial charge in [0.25, 0.3) is 0 Å². The zero-order valence-electron chi connectivity index (χ0n) is 11.2. The predicted molar refractivity (Wildman–Crippen MR) is 70.7 cm³/mol. The van der Waals surface area contributed by atoms with E-state index in [0.717, 1.165) is 41.5 Å². The van der Waals surface area contributed by atoms with E-state index >= 15 is 0 Å². The highest BCUT2D eigenvalue weighted by molar-refractivity contribution is 5.02. The van der Waals surface area contributed by atoms with Crippen LogP contribution >= 0.6 is 0 Å². The van der Waals surface area contributed by atoms with Crippen molar-refractivity contribution >= 4 is 0 Å². The van der Waals surface area contributed by atoms with E-state index in [0.29, 0.717) is 0 Å². The lowest BCUT2D eigenvalue weighted by Crippen LogP contribution is -2.52. The minimum Gasteiger partial charge on any atom is -0.317 e. The van der Waals surface area contributed by atoms with Crippen molar-refractivity contribution in [2.75, 3.05) is 7.05 Å². The SMILES string of the molecule is CNC(CC1CC1)C1C2CC3CC(C2)CC1C3. The zero-order chi connectivity index (χ0) is 11.4. The molecule has 1 atom stereocenters. The summed E-state index contributed by atoms with van der Waals surface area (Å²) < 4.78 is 0. The maximum Gasteiger partial charge on any atom is 0.0100 e. The standard InChI is InChI=1S/C16H27N/c1-17-15(9-10-2-3-10)16-13-5-11-4-12(7-13)8-14(16)6-11/h10-17H,2-9H2,1H3. The predicted octanol–water partition coefficient (Wildman–Crippen LogP) is 3.45. The summed E-state index contributed by atoms with van der Waals surface area (Å²) in [6.45, 7) is 0. The average molecular weight is 233 g/mol. The summed E-state index contributed by atoms with van der Waals surface area (Å²) in [5, 5.41) is 3.70. The van der Waals surface area contributed by atoms with Crippen LogP contribution in [0.15, 0.2) is 0 Å². The molecule has 17 heavy (non-hydrogen) atoms. The van der Waals surface area contributed by atoms with Crippen molar-refractivity contribution in [2.45, 2.75) is 57.4 Å². The Morgan fingerprint density at radius 2 is 1.53 bits per heavy atom. The zero-order valence-corrected chi connectivity index (χ0v) is 11.2. The Balaban J connectivity index is 1.51. The summed E-state index contributed by atoms with van der Waals surface area (Å²) in [5.74, 6) is 6.60. The fraction of sp³-hybridized carbons (Fsp3) is 1.00. The minimum absolute atomic E-state index is 0.859. The Bertz CT molecular complexity index is 266. The second kappa shape index (κ2) is 3.98. The van der Waals surface area contributed by atoms with Gasteiger partial charge in [0.05, 0.1) is 0 Å². The maximum absolute atomic E-state index is 3.70. The van der Waals surface area contributed by atoms with Crippen molar-refractivity contribution in [3.05, 3.63) is 0 Å². The van der Waals surface area contributed by atoms with Gasteiger partial charge in [-0.15, -0.1) is 0 Å². The molecule has 4 bridgehead atoms. The van der Waals surface area contributed by atoms with Crippen LogP contribution in [-0.2, 0) is 0 Å². The first kappa shape index (κ1) is 10.8. The molecule has 0 radical (unpaired) electrons. The van der Waals surface area contributed by atoms with Crippen LogP contribution in [0.2, 0.25) is 0 Å². The van der Waals surface area contributed by atoms with E-state index in [1.807, 2.05) is 0 Å². The third-order valence-electron chi connectivity index (χ3n) is 6.42. The maximum atomic E-state index is 3.70. The highest BCUT2D eigenvalue weighted by Gasteiger charge is 2.50. The number of rotatable bonds is 4. The highest BCUT2D eigenvalue weighted by Crippen LogP contribution is 2.58. The molecule has 5 rings (SSSR count). The van der Waals surface area contributed by atoms with Crippen LogP contribution in [0.4, 0.5) is 0 Å². The van der Waals surface area contributed by atoms with Gasteiger partial charge in [-0.2, -0.15) is 0 Å². The highest BCUT2D eigenvalue weighted by atomic mass is 14.9. The van der Waals surface area contributed by atoms with E-state index in [1.165, 1.54) is 19.3 Å². The molecular weight excluding hydrogens is 206 g/mol. The molecule has 0 aromatic heterocycles. The Morgan fingerprint density at radius 1 is 0.941 bits per heavy atom. The molecule has 0 spiro atoms. The molecule has 1 N–H and O–H groups in total. The van der Waals surface area contributed by atoms with Gasteiger partial charge in [-0.25, -0.2) is 0 Å². The van der Waals surface area contributed by atoms with Gasteiger partial charge in [-0.3, -0.25) is 0 Å². The summed E-state index contributed by atoms with van der Waals surface area (Å²) in [5.41, 5.74) is 0. The van der Waals surface area contributed by atoms with Crippen molar-refractivity contribution in [2.24, 2.45) is 35.5 Å². The summed E-state index contributed by atoms with van der Waals surface area (Å²) in [7, 11) is 2.22. The van der Waals surface area contributed by atoms with Crippen LogP contribution in [0.3, 0.4) is 0 Å². The van der Waals surface area contributed by atoms with E-state index in [2.05, 4.69) is 12.4 Å².